The lowest BCUT2D eigenvalue weighted by atomic mass is 10.2. The van der Waals surface area contributed by atoms with Crippen LogP contribution >= 0.6 is 11.6 Å². The van der Waals surface area contributed by atoms with Crippen LogP contribution in [0, 0.1) is 0 Å². The SMILES string of the molecule is O=C(COC(=O)c1cccnc1Nc1cccc(C(F)(F)F)c1)Nc1ccc(Cl)cc1. The monoisotopic (exact) mass is 449 g/mol. The summed E-state index contributed by atoms with van der Waals surface area (Å²) in [6, 6.07) is 13.6. The van der Waals surface area contributed by atoms with Gasteiger partial charge in [-0.15, -0.1) is 0 Å². The maximum Gasteiger partial charge on any atom is 0.416 e. The lowest BCUT2D eigenvalue weighted by molar-refractivity contribution is -0.137. The van der Waals surface area contributed by atoms with Crippen molar-refractivity contribution in [2.45, 2.75) is 6.18 Å². The molecule has 0 aliphatic carbocycles. The second-order valence-corrected chi connectivity index (χ2v) is 6.67. The Labute approximate surface area is 180 Å². The van der Waals surface area contributed by atoms with Crippen LogP contribution in [0.5, 0.6) is 0 Å². The minimum Gasteiger partial charge on any atom is -0.452 e. The van der Waals surface area contributed by atoms with Crippen molar-refractivity contribution >= 4 is 40.7 Å². The number of benzene rings is 2. The van der Waals surface area contributed by atoms with E-state index in [1.807, 2.05) is 0 Å². The number of ether oxygens (including phenoxy) is 1. The highest BCUT2D eigenvalue weighted by molar-refractivity contribution is 6.30. The minimum atomic E-state index is -4.51. The van der Waals surface area contributed by atoms with Crippen LogP contribution in [0.2, 0.25) is 5.02 Å². The molecule has 6 nitrogen and oxygen atoms in total. The number of anilines is 3. The summed E-state index contributed by atoms with van der Waals surface area (Å²) in [4.78, 5) is 28.4. The first-order valence-corrected chi connectivity index (χ1v) is 9.22. The van der Waals surface area contributed by atoms with Crippen molar-refractivity contribution in [1.82, 2.24) is 4.98 Å². The summed E-state index contributed by atoms with van der Waals surface area (Å²) in [6.07, 6.45) is -3.15. The van der Waals surface area contributed by atoms with Gasteiger partial charge < -0.3 is 15.4 Å². The Kier molecular flexibility index (Phi) is 6.76. The fraction of sp³-hybridized carbons (Fsp3) is 0.0952. The van der Waals surface area contributed by atoms with Crippen LogP contribution in [-0.4, -0.2) is 23.5 Å². The van der Waals surface area contributed by atoms with E-state index >= 15 is 0 Å². The molecular formula is C21H15ClF3N3O3. The van der Waals surface area contributed by atoms with Gasteiger partial charge in [-0.05, 0) is 54.6 Å². The summed E-state index contributed by atoms with van der Waals surface area (Å²) < 4.78 is 43.7. The number of aromatic nitrogens is 1. The first-order valence-electron chi connectivity index (χ1n) is 8.84. The summed E-state index contributed by atoms with van der Waals surface area (Å²) in [5.41, 5.74) is -0.336. The molecule has 3 rings (SSSR count). The van der Waals surface area contributed by atoms with Crippen LogP contribution in [0.1, 0.15) is 15.9 Å². The Hall–Kier alpha value is -3.59. The van der Waals surface area contributed by atoms with E-state index in [1.165, 1.54) is 30.5 Å². The molecule has 10 heteroatoms. The first-order chi connectivity index (χ1) is 14.7. The van der Waals surface area contributed by atoms with Crippen LogP contribution < -0.4 is 10.6 Å². The average molecular weight is 450 g/mol. The molecule has 0 bridgehead atoms. The molecule has 3 aromatic rings. The molecule has 0 spiro atoms. The van der Waals surface area contributed by atoms with Crippen LogP contribution in [0.15, 0.2) is 66.9 Å². The van der Waals surface area contributed by atoms with Gasteiger partial charge in [0.05, 0.1) is 5.56 Å². The van der Waals surface area contributed by atoms with Crippen LogP contribution in [0.3, 0.4) is 0 Å². The second-order valence-electron chi connectivity index (χ2n) is 6.23. The third-order valence-electron chi connectivity index (χ3n) is 3.94. The molecule has 31 heavy (non-hydrogen) atoms. The Morgan fingerprint density at radius 2 is 1.74 bits per heavy atom. The van der Waals surface area contributed by atoms with Crippen molar-refractivity contribution in [2.24, 2.45) is 0 Å². The number of hydrogen-bond donors (Lipinski definition) is 2. The number of amides is 1. The van der Waals surface area contributed by atoms with Gasteiger partial charge in [-0.1, -0.05) is 17.7 Å². The number of pyridine rings is 1. The number of rotatable bonds is 6. The molecule has 1 heterocycles. The minimum absolute atomic E-state index is 0.00932. The van der Waals surface area contributed by atoms with Gasteiger partial charge >= 0.3 is 12.1 Å². The van der Waals surface area contributed by atoms with E-state index in [1.54, 1.807) is 24.3 Å². The smallest absolute Gasteiger partial charge is 0.416 e. The summed E-state index contributed by atoms with van der Waals surface area (Å²) in [5.74, 6) is -1.45. The number of carbonyl (C=O) groups excluding carboxylic acids is 2. The van der Waals surface area contributed by atoms with Crippen molar-refractivity contribution in [1.29, 1.82) is 0 Å². The Balaban J connectivity index is 1.66. The third-order valence-corrected chi connectivity index (χ3v) is 4.19. The maximum atomic E-state index is 12.9. The van der Waals surface area contributed by atoms with Crippen molar-refractivity contribution in [3.8, 4) is 0 Å². The van der Waals surface area contributed by atoms with Crippen molar-refractivity contribution in [3.63, 3.8) is 0 Å². The van der Waals surface area contributed by atoms with E-state index in [4.69, 9.17) is 16.3 Å². The number of nitrogens with one attached hydrogen (secondary N) is 2. The molecule has 0 fully saturated rings. The molecule has 1 aromatic heterocycles. The van der Waals surface area contributed by atoms with Gasteiger partial charge in [0.2, 0.25) is 0 Å². The van der Waals surface area contributed by atoms with Crippen molar-refractivity contribution in [2.75, 3.05) is 17.2 Å². The molecule has 1 amide bonds. The predicted octanol–water partition coefficient (Wildman–Crippen LogP) is 5.29. The number of hydrogen-bond acceptors (Lipinski definition) is 5. The van der Waals surface area contributed by atoms with E-state index in [2.05, 4.69) is 15.6 Å². The number of alkyl halides is 3. The number of nitrogens with zero attached hydrogens (tertiary/aromatic N) is 1. The molecule has 0 aliphatic heterocycles. The predicted molar refractivity (Wildman–Crippen MR) is 109 cm³/mol. The standard InChI is InChI=1S/C21H15ClF3N3O3/c22-14-6-8-15(9-7-14)27-18(29)12-31-20(30)17-5-2-10-26-19(17)28-16-4-1-3-13(11-16)21(23,24)25/h1-11H,12H2,(H,26,28)(H,27,29). The molecule has 0 atom stereocenters. The fourth-order valence-electron chi connectivity index (χ4n) is 2.52. The van der Waals surface area contributed by atoms with Gasteiger partial charge in [0.15, 0.2) is 6.61 Å². The molecule has 0 saturated carbocycles. The van der Waals surface area contributed by atoms with Crippen LogP contribution in [0.25, 0.3) is 0 Å². The van der Waals surface area contributed by atoms with Gasteiger partial charge in [-0.25, -0.2) is 9.78 Å². The second kappa shape index (κ2) is 9.48. The molecule has 0 saturated heterocycles. The van der Waals surface area contributed by atoms with Gasteiger partial charge in [0.1, 0.15) is 11.4 Å². The first kappa shape index (κ1) is 22.1. The van der Waals surface area contributed by atoms with Gasteiger partial charge in [-0.3, -0.25) is 4.79 Å². The summed E-state index contributed by atoms with van der Waals surface area (Å²) in [7, 11) is 0. The molecule has 0 radical (unpaired) electrons. The van der Waals surface area contributed by atoms with Crippen molar-refractivity contribution in [3.05, 3.63) is 83.0 Å². The Bertz CT molecular complexity index is 1090. The molecule has 0 unspecified atom stereocenters. The highest BCUT2D eigenvalue weighted by Crippen LogP contribution is 2.31. The number of carbonyl (C=O) groups is 2. The Morgan fingerprint density at radius 1 is 1.00 bits per heavy atom. The molecular weight excluding hydrogens is 435 g/mol. The zero-order valence-corrected chi connectivity index (χ0v) is 16.5. The largest absolute Gasteiger partial charge is 0.452 e. The van der Waals surface area contributed by atoms with Gasteiger partial charge in [-0.2, -0.15) is 13.2 Å². The van der Waals surface area contributed by atoms with E-state index in [9.17, 15) is 22.8 Å². The van der Waals surface area contributed by atoms with Crippen molar-refractivity contribution < 1.29 is 27.5 Å². The van der Waals surface area contributed by atoms with E-state index in [0.717, 1.165) is 12.1 Å². The van der Waals surface area contributed by atoms with Crippen LogP contribution in [0.4, 0.5) is 30.4 Å². The highest BCUT2D eigenvalue weighted by Gasteiger charge is 2.30. The lowest BCUT2D eigenvalue weighted by Gasteiger charge is -2.13. The number of esters is 1. The summed E-state index contributed by atoms with van der Waals surface area (Å²) in [6.45, 7) is -0.570. The molecule has 2 N–H and O–H groups in total. The van der Waals surface area contributed by atoms with Gasteiger partial charge in [0, 0.05) is 22.6 Å². The molecule has 160 valence electrons. The zero-order valence-electron chi connectivity index (χ0n) is 15.7. The molecule has 0 aliphatic rings. The topological polar surface area (TPSA) is 80.3 Å². The summed E-state index contributed by atoms with van der Waals surface area (Å²) in [5, 5.41) is 5.71. The Morgan fingerprint density at radius 3 is 2.45 bits per heavy atom. The van der Waals surface area contributed by atoms with Gasteiger partial charge in [0.25, 0.3) is 5.91 Å². The van der Waals surface area contributed by atoms with E-state index < -0.39 is 30.2 Å². The highest BCUT2D eigenvalue weighted by atomic mass is 35.5. The average Bonchev–Trinajstić information content (AvgIpc) is 2.74. The normalized spacial score (nSPS) is 11.0. The fourth-order valence-corrected chi connectivity index (χ4v) is 2.64. The van der Waals surface area contributed by atoms with E-state index in [-0.39, 0.29) is 17.1 Å². The van der Waals surface area contributed by atoms with E-state index in [0.29, 0.717) is 10.7 Å². The quantitative estimate of drug-likeness (QED) is 0.500. The lowest BCUT2D eigenvalue weighted by Crippen LogP contribution is -2.21. The molecule has 2 aromatic carbocycles. The van der Waals surface area contributed by atoms with Crippen LogP contribution in [-0.2, 0) is 15.7 Å². The third kappa shape index (κ3) is 6.19. The zero-order chi connectivity index (χ0) is 22.4. The summed E-state index contributed by atoms with van der Waals surface area (Å²) >= 11 is 5.77. The number of halogens is 4. The maximum absolute atomic E-state index is 12.9.